The number of piperazine rings is 1. The predicted octanol–water partition coefficient (Wildman–Crippen LogP) is 3.18. The van der Waals surface area contributed by atoms with Crippen molar-refractivity contribution >= 4 is 27.9 Å². The summed E-state index contributed by atoms with van der Waals surface area (Å²) in [6, 6.07) is 8.21. The van der Waals surface area contributed by atoms with Crippen molar-refractivity contribution in [1.29, 1.82) is 0 Å². The number of carbonyl (C=O) groups is 2. The molecule has 0 atom stereocenters. The number of amides is 3. The largest absolute Gasteiger partial charge is 0.339 e. The number of nitrogens with one attached hydrogen (secondary N) is 1. The predicted molar refractivity (Wildman–Crippen MR) is 101 cm³/mol. The minimum absolute atomic E-state index is 0.0342. The minimum Gasteiger partial charge on any atom is -0.339 e. The molecule has 1 heterocycles. The summed E-state index contributed by atoms with van der Waals surface area (Å²) < 4.78 is 1.02. The van der Waals surface area contributed by atoms with Crippen LogP contribution in [-0.2, 0) is 11.2 Å². The Bertz CT molecular complexity index is 591. The number of hydrogen-bond donors (Lipinski definition) is 1. The first-order valence-corrected chi connectivity index (χ1v) is 9.99. The second-order valence-corrected chi connectivity index (χ2v) is 7.87. The van der Waals surface area contributed by atoms with E-state index in [1.165, 1.54) is 19.3 Å². The standard InChI is InChI=1S/C19H26BrN3O2/c20-16-8-6-15(7-9-16)14-18(24)22-10-12-23(13-11-22)19(25)21-17-4-2-1-3-5-17/h6-9,17H,1-5,10-14H2,(H,21,25). The number of nitrogens with zero attached hydrogens (tertiary/aromatic N) is 2. The van der Waals surface area contributed by atoms with E-state index in [1.54, 1.807) is 0 Å². The van der Waals surface area contributed by atoms with Crippen molar-refractivity contribution in [2.24, 2.45) is 0 Å². The van der Waals surface area contributed by atoms with Gasteiger partial charge >= 0.3 is 6.03 Å². The van der Waals surface area contributed by atoms with Crippen molar-refractivity contribution in [1.82, 2.24) is 15.1 Å². The highest BCUT2D eigenvalue weighted by molar-refractivity contribution is 9.10. The number of halogens is 1. The molecule has 0 aromatic heterocycles. The molecule has 1 aromatic rings. The minimum atomic E-state index is 0.0342. The van der Waals surface area contributed by atoms with Crippen LogP contribution >= 0.6 is 15.9 Å². The average molecular weight is 408 g/mol. The Morgan fingerprint density at radius 1 is 0.960 bits per heavy atom. The summed E-state index contributed by atoms with van der Waals surface area (Å²) in [5, 5.41) is 3.16. The summed E-state index contributed by atoms with van der Waals surface area (Å²) in [6.45, 7) is 2.47. The molecular weight excluding hydrogens is 382 g/mol. The zero-order chi connectivity index (χ0) is 17.6. The molecule has 1 aliphatic heterocycles. The van der Waals surface area contributed by atoms with E-state index >= 15 is 0 Å². The third-order valence-corrected chi connectivity index (χ3v) is 5.65. The Kier molecular flexibility index (Phi) is 6.34. The maximum absolute atomic E-state index is 12.4. The van der Waals surface area contributed by atoms with Crippen LogP contribution in [0.15, 0.2) is 28.7 Å². The molecule has 2 fully saturated rings. The van der Waals surface area contributed by atoms with Crippen LogP contribution in [0.25, 0.3) is 0 Å². The Morgan fingerprint density at radius 3 is 2.20 bits per heavy atom. The fourth-order valence-corrected chi connectivity index (χ4v) is 3.82. The quantitative estimate of drug-likeness (QED) is 0.836. The third kappa shape index (κ3) is 5.21. The van der Waals surface area contributed by atoms with Gasteiger partial charge in [0.1, 0.15) is 0 Å². The molecule has 3 amide bonds. The highest BCUT2D eigenvalue weighted by atomic mass is 79.9. The first kappa shape index (κ1) is 18.2. The van der Waals surface area contributed by atoms with E-state index in [0.29, 0.717) is 38.6 Å². The van der Waals surface area contributed by atoms with E-state index in [0.717, 1.165) is 22.9 Å². The molecule has 1 aliphatic carbocycles. The number of hydrogen-bond acceptors (Lipinski definition) is 2. The van der Waals surface area contributed by atoms with Gasteiger partial charge in [0.25, 0.3) is 0 Å². The van der Waals surface area contributed by atoms with Crippen molar-refractivity contribution in [2.75, 3.05) is 26.2 Å². The molecular formula is C19H26BrN3O2. The van der Waals surface area contributed by atoms with Gasteiger partial charge in [0, 0.05) is 36.7 Å². The monoisotopic (exact) mass is 407 g/mol. The van der Waals surface area contributed by atoms with Crippen LogP contribution in [0.5, 0.6) is 0 Å². The Balaban J connectivity index is 1.43. The van der Waals surface area contributed by atoms with Crippen LogP contribution in [0, 0.1) is 0 Å². The lowest BCUT2D eigenvalue weighted by Gasteiger charge is -2.36. The van der Waals surface area contributed by atoms with Crippen molar-refractivity contribution in [2.45, 2.75) is 44.6 Å². The van der Waals surface area contributed by atoms with E-state index in [4.69, 9.17) is 0 Å². The van der Waals surface area contributed by atoms with Gasteiger partial charge in [-0.05, 0) is 30.5 Å². The van der Waals surface area contributed by atoms with Gasteiger partial charge in [-0.1, -0.05) is 47.3 Å². The van der Waals surface area contributed by atoms with E-state index in [9.17, 15) is 9.59 Å². The molecule has 1 saturated heterocycles. The van der Waals surface area contributed by atoms with Gasteiger partial charge in [-0.2, -0.15) is 0 Å². The Morgan fingerprint density at radius 2 is 1.56 bits per heavy atom. The molecule has 0 spiro atoms. The zero-order valence-electron chi connectivity index (χ0n) is 14.5. The van der Waals surface area contributed by atoms with Crippen LogP contribution < -0.4 is 5.32 Å². The maximum Gasteiger partial charge on any atom is 0.317 e. The molecule has 0 bridgehead atoms. The normalized spacial score (nSPS) is 18.9. The Hall–Kier alpha value is -1.56. The summed E-state index contributed by atoms with van der Waals surface area (Å²) >= 11 is 3.41. The van der Waals surface area contributed by atoms with E-state index < -0.39 is 0 Å². The van der Waals surface area contributed by atoms with Crippen LogP contribution in [0.3, 0.4) is 0 Å². The van der Waals surface area contributed by atoms with E-state index in [2.05, 4.69) is 21.2 Å². The number of urea groups is 1. The summed E-state index contributed by atoms with van der Waals surface area (Å²) in [6.07, 6.45) is 6.31. The van der Waals surface area contributed by atoms with Gasteiger partial charge in [0.05, 0.1) is 6.42 Å². The summed E-state index contributed by atoms with van der Waals surface area (Å²) in [5.74, 6) is 0.134. The first-order valence-electron chi connectivity index (χ1n) is 9.19. The molecule has 136 valence electrons. The highest BCUT2D eigenvalue weighted by Gasteiger charge is 2.25. The van der Waals surface area contributed by atoms with Gasteiger partial charge in [0.15, 0.2) is 0 Å². The van der Waals surface area contributed by atoms with Crippen molar-refractivity contribution < 1.29 is 9.59 Å². The number of rotatable bonds is 3. The zero-order valence-corrected chi connectivity index (χ0v) is 16.1. The maximum atomic E-state index is 12.4. The van der Waals surface area contributed by atoms with Crippen molar-refractivity contribution in [3.8, 4) is 0 Å². The lowest BCUT2D eigenvalue weighted by Crippen LogP contribution is -2.54. The first-order chi connectivity index (χ1) is 12.1. The molecule has 25 heavy (non-hydrogen) atoms. The fourth-order valence-electron chi connectivity index (χ4n) is 3.56. The lowest BCUT2D eigenvalue weighted by atomic mass is 9.96. The highest BCUT2D eigenvalue weighted by Crippen LogP contribution is 2.18. The van der Waals surface area contributed by atoms with E-state index in [-0.39, 0.29) is 11.9 Å². The Labute approximate surface area is 157 Å². The lowest BCUT2D eigenvalue weighted by molar-refractivity contribution is -0.131. The van der Waals surface area contributed by atoms with Gasteiger partial charge in [-0.25, -0.2) is 4.79 Å². The van der Waals surface area contributed by atoms with E-state index in [1.807, 2.05) is 34.1 Å². The summed E-state index contributed by atoms with van der Waals surface area (Å²) in [5.41, 5.74) is 1.02. The average Bonchev–Trinajstić information content (AvgIpc) is 2.64. The number of benzene rings is 1. The molecule has 0 unspecified atom stereocenters. The van der Waals surface area contributed by atoms with Crippen molar-refractivity contribution in [3.63, 3.8) is 0 Å². The third-order valence-electron chi connectivity index (χ3n) is 5.12. The molecule has 5 nitrogen and oxygen atoms in total. The van der Waals surface area contributed by atoms with Gasteiger partial charge in [0.2, 0.25) is 5.91 Å². The topological polar surface area (TPSA) is 52.7 Å². The fraction of sp³-hybridized carbons (Fsp3) is 0.579. The SMILES string of the molecule is O=C(Cc1ccc(Br)cc1)N1CCN(C(=O)NC2CCCCC2)CC1. The second-order valence-electron chi connectivity index (χ2n) is 6.96. The van der Waals surface area contributed by atoms with Crippen LogP contribution in [-0.4, -0.2) is 54.0 Å². The van der Waals surface area contributed by atoms with Crippen LogP contribution in [0.1, 0.15) is 37.7 Å². The summed E-state index contributed by atoms with van der Waals surface area (Å²) in [4.78, 5) is 28.5. The molecule has 2 aliphatic rings. The van der Waals surface area contributed by atoms with Crippen LogP contribution in [0.2, 0.25) is 0 Å². The second kappa shape index (κ2) is 8.70. The summed E-state index contributed by atoms with van der Waals surface area (Å²) in [7, 11) is 0. The van der Waals surface area contributed by atoms with Crippen LogP contribution in [0.4, 0.5) is 4.79 Å². The molecule has 1 aromatic carbocycles. The van der Waals surface area contributed by atoms with Crippen molar-refractivity contribution in [3.05, 3.63) is 34.3 Å². The molecule has 6 heteroatoms. The molecule has 1 N–H and O–H groups in total. The molecule has 1 saturated carbocycles. The molecule has 0 radical (unpaired) electrons. The smallest absolute Gasteiger partial charge is 0.317 e. The van der Waals surface area contributed by atoms with Gasteiger partial charge in [-0.3, -0.25) is 4.79 Å². The van der Waals surface area contributed by atoms with Gasteiger partial charge < -0.3 is 15.1 Å². The van der Waals surface area contributed by atoms with Gasteiger partial charge in [-0.15, -0.1) is 0 Å². The number of carbonyl (C=O) groups excluding carboxylic acids is 2. The molecule has 3 rings (SSSR count).